The van der Waals surface area contributed by atoms with Gasteiger partial charge in [0.05, 0.1) is 0 Å². The van der Waals surface area contributed by atoms with Gasteiger partial charge in [-0.3, -0.25) is 4.79 Å². The van der Waals surface area contributed by atoms with Crippen molar-refractivity contribution in [1.29, 1.82) is 0 Å². The Morgan fingerprint density at radius 3 is 1.36 bits per heavy atom. The number of benzene rings is 1. The van der Waals surface area contributed by atoms with Gasteiger partial charge in [-0.05, 0) is 6.54 Å². The maximum absolute atomic E-state index is 9.33. The van der Waals surface area contributed by atoms with Crippen molar-refractivity contribution in [3.63, 3.8) is 0 Å². The van der Waals surface area contributed by atoms with E-state index in [1.54, 1.807) is 0 Å². The Balaban J connectivity index is 0. The third-order valence-corrected chi connectivity index (χ3v) is 0.795. The SMILES string of the molecule is CC(=O)N=O.CCN.c1ccccc1. The van der Waals surface area contributed by atoms with Crippen LogP contribution in [-0.4, -0.2) is 12.5 Å². The van der Waals surface area contributed by atoms with Gasteiger partial charge in [0.2, 0.25) is 0 Å². The van der Waals surface area contributed by atoms with Crippen LogP contribution in [0, 0.1) is 4.91 Å². The third-order valence-electron chi connectivity index (χ3n) is 0.795. The smallest absolute Gasteiger partial charge is 0.283 e. The van der Waals surface area contributed by atoms with Crippen LogP contribution in [0.2, 0.25) is 0 Å². The highest BCUT2D eigenvalue weighted by atomic mass is 16.3. The number of rotatable bonds is 0. The van der Waals surface area contributed by atoms with E-state index in [1.807, 2.05) is 48.5 Å². The summed E-state index contributed by atoms with van der Waals surface area (Å²) in [5, 5.41) is 2.00. The first-order chi connectivity index (χ1) is 6.68. The average Bonchev–Trinajstić information content (AvgIpc) is 2.22. The van der Waals surface area contributed by atoms with Crippen molar-refractivity contribution in [3.05, 3.63) is 41.3 Å². The summed E-state index contributed by atoms with van der Waals surface area (Å²) in [7, 11) is 0. The van der Waals surface area contributed by atoms with Gasteiger partial charge < -0.3 is 5.73 Å². The number of nitrogens with two attached hydrogens (primary N) is 1. The largest absolute Gasteiger partial charge is 0.331 e. The molecule has 0 aliphatic rings. The first kappa shape index (κ1) is 14.9. The minimum absolute atomic E-state index is 0.676. The van der Waals surface area contributed by atoms with Gasteiger partial charge in [0.1, 0.15) is 0 Å². The van der Waals surface area contributed by atoms with E-state index in [-0.39, 0.29) is 0 Å². The Bertz CT molecular complexity index is 198. The molecule has 0 saturated heterocycles. The van der Waals surface area contributed by atoms with E-state index in [2.05, 4.69) is 0 Å². The molecule has 0 atom stereocenters. The van der Waals surface area contributed by atoms with Crippen molar-refractivity contribution < 1.29 is 4.79 Å². The molecule has 0 aromatic heterocycles. The molecule has 0 fully saturated rings. The van der Waals surface area contributed by atoms with Gasteiger partial charge in [-0.25, -0.2) is 0 Å². The molecule has 0 radical (unpaired) electrons. The van der Waals surface area contributed by atoms with Crippen molar-refractivity contribution in [1.82, 2.24) is 0 Å². The molecule has 1 amide bonds. The summed E-state index contributed by atoms with van der Waals surface area (Å²) in [6.07, 6.45) is 0. The average molecular weight is 196 g/mol. The predicted molar refractivity (Wildman–Crippen MR) is 57.6 cm³/mol. The number of hydrogen-bond donors (Lipinski definition) is 1. The van der Waals surface area contributed by atoms with Crippen molar-refractivity contribution in [2.75, 3.05) is 6.54 Å². The zero-order valence-electron chi connectivity index (χ0n) is 8.51. The van der Waals surface area contributed by atoms with E-state index in [9.17, 15) is 4.79 Å². The normalized spacial score (nSPS) is 7.07. The highest BCUT2D eigenvalue weighted by Crippen LogP contribution is 1.79. The summed E-state index contributed by atoms with van der Waals surface area (Å²) in [5.74, 6) is -0.676. The molecule has 78 valence electrons. The predicted octanol–water partition coefficient (Wildman–Crippen LogP) is 1.95. The maximum atomic E-state index is 9.33. The fourth-order valence-corrected chi connectivity index (χ4v) is 0.385. The van der Waals surface area contributed by atoms with Gasteiger partial charge in [0.25, 0.3) is 5.91 Å². The van der Waals surface area contributed by atoms with Crippen LogP contribution in [-0.2, 0) is 4.79 Å². The molecule has 1 rings (SSSR count). The molecule has 1 aromatic rings. The van der Waals surface area contributed by atoms with Crippen molar-refractivity contribution in [2.45, 2.75) is 13.8 Å². The number of carbonyl (C=O) groups is 1. The third kappa shape index (κ3) is 22.4. The highest BCUT2D eigenvalue weighted by molar-refractivity contribution is 5.73. The summed E-state index contributed by atoms with van der Waals surface area (Å²) in [5.41, 5.74) is 4.85. The molecule has 2 N–H and O–H groups in total. The molecule has 0 heterocycles. The number of nitrogens with zero attached hydrogens (tertiary/aromatic N) is 1. The van der Waals surface area contributed by atoms with Gasteiger partial charge in [-0.15, -0.1) is 4.91 Å². The lowest BCUT2D eigenvalue weighted by Gasteiger charge is -1.69. The Morgan fingerprint density at radius 2 is 1.29 bits per heavy atom. The quantitative estimate of drug-likeness (QED) is 0.644. The van der Waals surface area contributed by atoms with Crippen LogP contribution < -0.4 is 5.73 Å². The number of hydrogen-bond acceptors (Lipinski definition) is 3. The van der Waals surface area contributed by atoms with Gasteiger partial charge in [-0.1, -0.05) is 43.3 Å². The van der Waals surface area contributed by atoms with E-state index in [4.69, 9.17) is 10.6 Å². The highest BCUT2D eigenvalue weighted by Gasteiger charge is 1.77. The number of carbonyl (C=O) groups excluding carboxylic acids is 1. The Hall–Kier alpha value is -1.55. The Labute approximate surface area is 84.1 Å². The van der Waals surface area contributed by atoms with Crippen LogP contribution in [0.5, 0.6) is 0 Å². The van der Waals surface area contributed by atoms with Gasteiger partial charge in [0.15, 0.2) is 0 Å². The molecule has 0 aliphatic carbocycles. The Kier molecular flexibility index (Phi) is 14.9. The molecule has 0 aliphatic heterocycles. The van der Waals surface area contributed by atoms with Crippen LogP contribution in [0.4, 0.5) is 0 Å². The molecule has 0 spiro atoms. The van der Waals surface area contributed by atoms with Crippen LogP contribution >= 0.6 is 0 Å². The van der Waals surface area contributed by atoms with Gasteiger partial charge in [0, 0.05) is 12.1 Å². The molecule has 0 unspecified atom stereocenters. The molecule has 0 bridgehead atoms. The second-order valence-electron chi connectivity index (χ2n) is 2.17. The number of amides is 1. The molecule has 4 heteroatoms. The van der Waals surface area contributed by atoms with Crippen molar-refractivity contribution in [2.24, 2.45) is 10.9 Å². The molecule has 0 saturated carbocycles. The van der Waals surface area contributed by atoms with Crippen molar-refractivity contribution >= 4 is 5.91 Å². The molecule has 14 heavy (non-hydrogen) atoms. The van der Waals surface area contributed by atoms with Crippen LogP contribution in [0.1, 0.15) is 13.8 Å². The van der Waals surface area contributed by atoms with E-state index in [0.29, 0.717) is 0 Å². The Morgan fingerprint density at radius 1 is 1.14 bits per heavy atom. The fourth-order valence-electron chi connectivity index (χ4n) is 0.385. The van der Waals surface area contributed by atoms with E-state index >= 15 is 0 Å². The topological polar surface area (TPSA) is 72.5 Å². The van der Waals surface area contributed by atoms with Crippen LogP contribution in [0.15, 0.2) is 41.6 Å². The van der Waals surface area contributed by atoms with E-state index in [0.717, 1.165) is 13.5 Å². The summed E-state index contributed by atoms with van der Waals surface area (Å²) in [4.78, 5) is 18.2. The van der Waals surface area contributed by atoms with Crippen molar-refractivity contribution in [3.8, 4) is 0 Å². The fraction of sp³-hybridized carbons (Fsp3) is 0.300. The zero-order chi connectivity index (χ0) is 11.2. The van der Waals surface area contributed by atoms with Crippen LogP contribution in [0.3, 0.4) is 0 Å². The minimum atomic E-state index is -0.676. The minimum Gasteiger partial charge on any atom is -0.331 e. The number of nitroso groups, excluding NO2 is 1. The molecule has 4 nitrogen and oxygen atoms in total. The molecular weight excluding hydrogens is 180 g/mol. The van der Waals surface area contributed by atoms with E-state index in [1.165, 1.54) is 0 Å². The first-order valence-corrected chi connectivity index (χ1v) is 4.23. The first-order valence-electron chi connectivity index (χ1n) is 4.23. The zero-order valence-corrected chi connectivity index (χ0v) is 8.51. The molecule has 1 aromatic carbocycles. The standard InChI is InChI=1S/C6H6.C2H3NO2.C2H7N/c1-2-4-6-5-3-1;1-2(4)3-5;1-2-3/h1-6H;1H3;2-3H2,1H3. The lowest BCUT2D eigenvalue weighted by atomic mass is 10.4. The monoisotopic (exact) mass is 196 g/mol. The summed E-state index contributed by atoms with van der Waals surface area (Å²) < 4.78 is 0. The summed E-state index contributed by atoms with van der Waals surface area (Å²) >= 11 is 0. The van der Waals surface area contributed by atoms with Gasteiger partial charge in [-0.2, -0.15) is 0 Å². The lowest BCUT2D eigenvalue weighted by Crippen LogP contribution is -1.87. The maximum Gasteiger partial charge on any atom is 0.283 e. The van der Waals surface area contributed by atoms with Gasteiger partial charge >= 0.3 is 0 Å². The summed E-state index contributed by atoms with van der Waals surface area (Å²) in [6.45, 7) is 3.76. The molecular formula is C10H16N2O2. The lowest BCUT2D eigenvalue weighted by molar-refractivity contribution is -0.115. The summed E-state index contributed by atoms with van der Waals surface area (Å²) in [6, 6.07) is 12.0. The van der Waals surface area contributed by atoms with Crippen LogP contribution in [0.25, 0.3) is 0 Å². The second kappa shape index (κ2) is 14.0. The van der Waals surface area contributed by atoms with E-state index < -0.39 is 5.91 Å². The second-order valence-corrected chi connectivity index (χ2v) is 2.17.